The molecule has 3 heterocycles. The van der Waals surface area contributed by atoms with E-state index in [2.05, 4.69) is 0 Å². The van der Waals surface area contributed by atoms with E-state index in [4.69, 9.17) is 26.3 Å². The van der Waals surface area contributed by atoms with Gasteiger partial charge in [0.05, 0.1) is 16.3 Å². The molecule has 8 nitrogen and oxygen atoms in total. The molecule has 1 aliphatic heterocycles. The number of furan rings is 1. The van der Waals surface area contributed by atoms with Gasteiger partial charge in [0.25, 0.3) is 16.0 Å². The highest BCUT2D eigenvalue weighted by molar-refractivity contribution is 8.26. The van der Waals surface area contributed by atoms with E-state index in [1.807, 2.05) is 60.7 Å². The summed E-state index contributed by atoms with van der Waals surface area (Å²) in [5.41, 5.74) is 2.73. The minimum atomic E-state index is -4.23. The van der Waals surface area contributed by atoms with Crippen molar-refractivity contribution >= 4 is 61.4 Å². The van der Waals surface area contributed by atoms with Gasteiger partial charge in [-0.25, -0.2) is 4.68 Å². The maximum Gasteiger partial charge on any atom is 0.266 e. The van der Waals surface area contributed by atoms with Gasteiger partial charge in [-0.05, 0) is 30.3 Å². The highest BCUT2D eigenvalue weighted by atomic mass is 32.2. The second kappa shape index (κ2) is 8.84. The number of carbonyl (C=O) groups is 1. The molecule has 2 aromatic carbocycles. The Morgan fingerprint density at radius 3 is 2.59 bits per heavy atom. The van der Waals surface area contributed by atoms with Gasteiger partial charge in [-0.3, -0.25) is 14.2 Å². The van der Waals surface area contributed by atoms with Gasteiger partial charge in [0.15, 0.2) is 5.76 Å². The number of fused-ring (bicyclic) bond motifs is 1. The Morgan fingerprint density at radius 1 is 1.12 bits per heavy atom. The van der Waals surface area contributed by atoms with Gasteiger partial charge in [0.1, 0.15) is 15.6 Å². The zero-order chi connectivity index (χ0) is 23.9. The van der Waals surface area contributed by atoms with E-state index < -0.39 is 21.8 Å². The fourth-order valence-electron chi connectivity index (χ4n) is 3.54. The molecule has 4 aromatic rings. The molecule has 0 spiro atoms. The number of carbonyl (C=O) groups excluding carboxylic acids is 1. The van der Waals surface area contributed by atoms with E-state index in [1.165, 1.54) is 4.90 Å². The van der Waals surface area contributed by atoms with Crippen LogP contribution in [0, 0.1) is 0 Å². The summed E-state index contributed by atoms with van der Waals surface area (Å²) in [5, 5.41) is 5.64. The fraction of sp³-hybridized carbons (Fsp3) is 0.0870. The molecular formula is C23H17N3O5S3. The highest BCUT2D eigenvalue weighted by Gasteiger charge is 2.33. The van der Waals surface area contributed by atoms with Crippen LogP contribution in [0.3, 0.4) is 0 Å². The van der Waals surface area contributed by atoms with Crippen molar-refractivity contribution in [2.75, 3.05) is 12.3 Å². The quantitative estimate of drug-likeness (QED) is 0.231. The van der Waals surface area contributed by atoms with Crippen LogP contribution < -0.4 is 0 Å². The number of aromatic nitrogens is 2. The fourth-order valence-corrected chi connectivity index (χ4v) is 5.25. The van der Waals surface area contributed by atoms with E-state index >= 15 is 0 Å². The van der Waals surface area contributed by atoms with Crippen LogP contribution in [0.4, 0.5) is 0 Å². The summed E-state index contributed by atoms with van der Waals surface area (Å²) in [6.07, 6.45) is 3.46. The maximum atomic E-state index is 12.9. The minimum Gasteiger partial charge on any atom is -0.454 e. The van der Waals surface area contributed by atoms with Crippen LogP contribution in [0.5, 0.6) is 0 Å². The second-order valence-corrected chi connectivity index (χ2v) is 10.7. The van der Waals surface area contributed by atoms with E-state index in [9.17, 15) is 13.2 Å². The maximum absolute atomic E-state index is 12.9. The minimum absolute atomic E-state index is 0.222. The molecule has 1 aliphatic rings. The molecule has 0 aliphatic carbocycles. The van der Waals surface area contributed by atoms with Gasteiger partial charge in [0, 0.05) is 23.7 Å². The Bertz CT molecular complexity index is 1520. The summed E-state index contributed by atoms with van der Waals surface area (Å²) >= 11 is 6.33. The first kappa shape index (κ1) is 22.5. The molecular weight excluding hydrogens is 494 g/mol. The summed E-state index contributed by atoms with van der Waals surface area (Å²) in [6.45, 7) is -0.222. The van der Waals surface area contributed by atoms with Crippen LogP contribution in [0.15, 0.2) is 76.2 Å². The lowest BCUT2D eigenvalue weighted by molar-refractivity contribution is -0.121. The van der Waals surface area contributed by atoms with Gasteiger partial charge in [-0.1, -0.05) is 60.4 Å². The Labute approximate surface area is 204 Å². The van der Waals surface area contributed by atoms with Crippen molar-refractivity contribution in [3.8, 4) is 17.1 Å². The van der Waals surface area contributed by atoms with Crippen LogP contribution in [0.1, 0.15) is 5.56 Å². The van der Waals surface area contributed by atoms with Crippen molar-refractivity contribution in [1.29, 1.82) is 0 Å². The molecule has 0 radical (unpaired) electrons. The first-order valence-corrected chi connectivity index (χ1v) is 13.0. The van der Waals surface area contributed by atoms with Gasteiger partial charge in [-0.2, -0.15) is 13.5 Å². The lowest BCUT2D eigenvalue weighted by Crippen LogP contribution is -2.32. The zero-order valence-electron chi connectivity index (χ0n) is 17.5. The lowest BCUT2D eigenvalue weighted by Gasteiger charge is -2.12. The number of hydrogen-bond acceptors (Lipinski definition) is 7. The molecule has 1 saturated heterocycles. The van der Waals surface area contributed by atoms with Crippen molar-refractivity contribution < 1.29 is 22.2 Å². The van der Waals surface area contributed by atoms with Gasteiger partial charge < -0.3 is 4.42 Å². The van der Waals surface area contributed by atoms with E-state index in [0.717, 1.165) is 22.8 Å². The van der Waals surface area contributed by atoms with Crippen LogP contribution in [0.2, 0.25) is 0 Å². The summed E-state index contributed by atoms with van der Waals surface area (Å²) in [5.74, 6) is -0.478. The lowest BCUT2D eigenvalue weighted by atomic mass is 10.1. The third kappa shape index (κ3) is 4.55. The first-order chi connectivity index (χ1) is 16.3. The summed E-state index contributed by atoms with van der Waals surface area (Å²) in [6, 6.07) is 19.0. The molecule has 1 amide bonds. The molecule has 0 saturated carbocycles. The van der Waals surface area contributed by atoms with Gasteiger partial charge in [0.2, 0.25) is 0 Å². The SMILES string of the molecule is O=C1C(=Cc2cn(-c3ccccc3)nc2-c2cc3ccccc3o2)SC(=S)N1CCS(=O)(=O)O. The van der Waals surface area contributed by atoms with Gasteiger partial charge in [-0.15, -0.1) is 0 Å². The molecule has 34 heavy (non-hydrogen) atoms. The topological polar surface area (TPSA) is 106 Å². The normalized spacial score (nSPS) is 15.7. The molecule has 0 bridgehead atoms. The highest BCUT2D eigenvalue weighted by Crippen LogP contribution is 2.36. The first-order valence-electron chi connectivity index (χ1n) is 10.1. The molecule has 2 aromatic heterocycles. The monoisotopic (exact) mass is 511 g/mol. The van der Waals surface area contributed by atoms with E-state index in [1.54, 1.807) is 17.0 Å². The number of amides is 1. The van der Waals surface area contributed by atoms with Crippen LogP contribution in [0.25, 0.3) is 34.2 Å². The smallest absolute Gasteiger partial charge is 0.266 e. The molecule has 0 atom stereocenters. The van der Waals surface area contributed by atoms with Crippen molar-refractivity contribution in [1.82, 2.24) is 14.7 Å². The Hall–Kier alpha value is -3.25. The molecule has 0 unspecified atom stereocenters. The van der Waals surface area contributed by atoms with Crippen molar-refractivity contribution in [3.05, 3.63) is 77.3 Å². The average molecular weight is 512 g/mol. The summed E-state index contributed by atoms with van der Waals surface area (Å²) in [7, 11) is -4.23. The average Bonchev–Trinajstić information content (AvgIpc) is 3.48. The Balaban J connectivity index is 1.56. The molecule has 172 valence electrons. The second-order valence-electron chi connectivity index (χ2n) is 7.48. The number of benzene rings is 2. The number of rotatable bonds is 6. The van der Waals surface area contributed by atoms with Gasteiger partial charge >= 0.3 is 0 Å². The number of nitrogens with zero attached hydrogens (tertiary/aromatic N) is 3. The van der Waals surface area contributed by atoms with E-state index in [0.29, 0.717) is 27.5 Å². The van der Waals surface area contributed by atoms with Crippen LogP contribution in [-0.2, 0) is 14.9 Å². The van der Waals surface area contributed by atoms with Crippen LogP contribution in [-0.4, -0.2) is 50.2 Å². The largest absolute Gasteiger partial charge is 0.454 e. The number of thiocarbonyl (C=S) groups is 1. The Morgan fingerprint density at radius 2 is 1.85 bits per heavy atom. The molecule has 11 heteroatoms. The predicted octanol–water partition coefficient (Wildman–Crippen LogP) is 4.37. The van der Waals surface area contributed by atoms with Crippen molar-refractivity contribution in [2.24, 2.45) is 0 Å². The number of para-hydroxylation sites is 2. The zero-order valence-corrected chi connectivity index (χ0v) is 19.9. The molecule has 5 rings (SSSR count). The standard InChI is InChI=1S/C23H17N3O5S3/c27-22-20(33-23(32)25(22)10-11-34(28,29)30)13-16-14-26(17-7-2-1-3-8-17)24-21(16)19-12-15-6-4-5-9-18(15)31-19/h1-9,12-14H,10-11H2,(H,28,29,30). The third-order valence-corrected chi connectivity index (χ3v) is 7.23. The summed E-state index contributed by atoms with van der Waals surface area (Å²) in [4.78, 5) is 14.4. The number of hydrogen-bond donors (Lipinski definition) is 1. The third-order valence-electron chi connectivity index (χ3n) is 5.16. The number of thioether (sulfide) groups is 1. The Kier molecular flexibility index (Phi) is 5.86. The van der Waals surface area contributed by atoms with Crippen molar-refractivity contribution in [3.63, 3.8) is 0 Å². The molecule has 1 fully saturated rings. The summed E-state index contributed by atoms with van der Waals surface area (Å²) < 4.78 is 39.2. The van der Waals surface area contributed by atoms with Crippen molar-refractivity contribution in [2.45, 2.75) is 0 Å². The van der Waals surface area contributed by atoms with Crippen LogP contribution >= 0.6 is 24.0 Å². The van der Waals surface area contributed by atoms with E-state index in [-0.39, 0.29) is 10.9 Å². The predicted molar refractivity (Wildman–Crippen MR) is 135 cm³/mol. The molecule has 1 N–H and O–H groups in total.